The molecule has 2 amide bonds. The number of rotatable bonds is 5. The Hall–Kier alpha value is -1.53. The third-order valence-electron chi connectivity index (χ3n) is 4.93. The molecule has 2 heterocycles. The first-order valence-corrected chi connectivity index (χ1v) is 10.2. The van der Waals surface area contributed by atoms with Gasteiger partial charge in [-0.1, -0.05) is 18.2 Å². The van der Waals surface area contributed by atoms with Gasteiger partial charge in [0.1, 0.15) is 0 Å². The number of thioether (sulfide) groups is 1. The number of para-hydroxylation sites is 1. The molecule has 1 unspecified atom stereocenters. The van der Waals surface area contributed by atoms with Gasteiger partial charge in [0.15, 0.2) is 0 Å². The summed E-state index contributed by atoms with van der Waals surface area (Å²) in [4.78, 5) is 28.9. The number of carbonyl (C=O) groups is 2. The van der Waals surface area contributed by atoms with Crippen molar-refractivity contribution in [2.75, 3.05) is 36.5 Å². The van der Waals surface area contributed by atoms with Crippen molar-refractivity contribution in [2.24, 2.45) is 5.92 Å². The zero-order valence-corrected chi connectivity index (χ0v) is 15.8. The lowest BCUT2D eigenvalue weighted by Crippen LogP contribution is -2.34. The third kappa shape index (κ3) is 4.55. The summed E-state index contributed by atoms with van der Waals surface area (Å²) in [6.07, 6.45) is 0.315. The Morgan fingerprint density at radius 3 is 2.68 bits per heavy atom. The molecule has 5 nitrogen and oxygen atoms in total. The van der Waals surface area contributed by atoms with Crippen LogP contribution in [0.25, 0.3) is 0 Å². The van der Waals surface area contributed by atoms with Crippen LogP contribution in [0.2, 0.25) is 0 Å². The van der Waals surface area contributed by atoms with Gasteiger partial charge < -0.3 is 10.2 Å². The molecule has 25 heavy (non-hydrogen) atoms. The van der Waals surface area contributed by atoms with E-state index in [1.54, 1.807) is 4.90 Å². The fourth-order valence-electron chi connectivity index (χ4n) is 3.42. The average molecular weight is 362 g/mol. The van der Waals surface area contributed by atoms with Crippen LogP contribution in [0.3, 0.4) is 0 Å². The molecule has 0 aromatic heterocycles. The highest BCUT2D eigenvalue weighted by Crippen LogP contribution is 2.24. The van der Waals surface area contributed by atoms with Gasteiger partial charge in [-0.25, -0.2) is 0 Å². The Kier molecular flexibility index (Phi) is 6.02. The summed E-state index contributed by atoms with van der Waals surface area (Å²) in [5.41, 5.74) is 2.02. The second-order valence-corrected chi connectivity index (χ2v) is 8.30. The van der Waals surface area contributed by atoms with Crippen molar-refractivity contribution in [1.29, 1.82) is 0 Å². The number of hydrogen-bond acceptors (Lipinski definition) is 4. The predicted molar refractivity (Wildman–Crippen MR) is 103 cm³/mol. The lowest BCUT2D eigenvalue weighted by molar-refractivity contribution is -0.129. The van der Waals surface area contributed by atoms with Gasteiger partial charge in [0.25, 0.3) is 0 Å². The molecular formula is C19H27N3O2S. The fourth-order valence-corrected chi connectivity index (χ4v) is 4.40. The summed E-state index contributed by atoms with van der Waals surface area (Å²) in [7, 11) is 0. The van der Waals surface area contributed by atoms with E-state index in [2.05, 4.69) is 16.3 Å². The number of anilines is 1. The second-order valence-electron chi connectivity index (χ2n) is 7.08. The maximum absolute atomic E-state index is 12.7. The van der Waals surface area contributed by atoms with Crippen molar-refractivity contribution in [1.82, 2.24) is 9.80 Å². The van der Waals surface area contributed by atoms with Gasteiger partial charge >= 0.3 is 0 Å². The monoisotopic (exact) mass is 361 g/mol. The Morgan fingerprint density at radius 2 is 2.00 bits per heavy atom. The van der Waals surface area contributed by atoms with E-state index in [1.807, 2.05) is 43.8 Å². The van der Waals surface area contributed by atoms with Crippen LogP contribution in [0.4, 0.5) is 5.69 Å². The molecule has 3 rings (SSSR count). The summed E-state index contributed by atoms with van der Waals surface area (Å²) in [5.74, 6) is 2.12. The third-order valence-corrected chi connectivity index (χ3v) is 5.87. The van der Waals surface area contributed by atoms with Crippen LogP contribution in [0.15, 0.2) is 24.3 Å². The summed E-state index contributed by atoms with van der Waals surface area (Å²) >= 11 is 2.00. The van der Waals surface area contributed by atoms with Gasteiger partial charge in [-0.05, 0) is 25.5 Å². The van der Waals surface area contributed by atoms with E-state index in [0.29, 0.717) is 13.0 Å². The molecule has 0 radical (unpaired) electrons. The zero-order chi connectivity index (χ0) is 17.8. The second kappa shape index (κ2) is 8.23. The van der Waals surface area contributed by atoms with Crippen LogP contribution in [-0.2, 0) is 16.1 Å². The average Bonchev–Trinajstić information content (AvgIpc) is 3.00. The minimum Gasteiger partial charge on any atom is -0.339 e. The smallest absolute Gasteiger partial charge is 0.229 e. The maximum atomic E-state index is 12.7. The van der Waals surface area contributed by atoms with E-state index in [0.717, 1.165) is 30.9 Å². The molecule has 0 saturated carbocycles. The lowest BCUT2D eigenvalue weighted by Gasteiger charge is -2.27. The Labute approximate surface area is 154 Å². The van der Waals surface area contributed by atoms with Crippen molar-refractivity contribution in [3.05, 3.63) is 29.8 Å². The van der Waals surface area contributed by atoms with Crippen molar-refractivity contribution < 1.29 is 9.59 Å². The molecule has 6 heteroatoms. The first kappa shape index (κ1) is 18.3. The first-order chi connectivity index (χ1) is 12.0. The van der Waals surface area contributed by atoms with Crippen molar-refractivity contribution in [2.45, 2.75) is 32.9 Å². The van der Waals surface area contributed by atoms with Gasteiger partial charge in [0.05, 0.1) is 5.92 Å². The zero-order valence-electron chi connectivity index (χ0n) is 15.0. The van der Waals surface area contributed by atoms with E-state index in [-0.39, 0.29) is 23.8 Å². The number of amides is 2. The van der Waals surface area contributed by atoms with Crippen LogP contribution in [0.5, 0.6) is 0 Å². The normalized spacial score (nSPS) is 21.8. The first-order valence-electron chi connectivity index (χ1n) is 9.03. The van der Waals surface area contributed by atoms with Crippen LogP contribution in [0, 0.1) is 5.92 Å². The minimum absolute atomic E-state index is 0.0434. The number of benzene rings is 1. The number of nitrogens with zero attached hydrogens (tertiary/aromatic N) is 2. The largest absolute Gasteiger partial charge is 0.339 e. The van der Waals surface area contributed by atoms with E-state index in [9.17, 15) is 9.59 Å². The molecule has 2 fully saturated rings. The SMILES string of the molecule is CC(C)N1CC(C(=O)Nc2ccccc2CN2CCSCC2)CC1=O. The number of nitrogens with one attached hydrogen (secondary N) is 1. The highest BCUT2D eigenvalue weighted by atomic mass is 32.2. The minimum atomic E-state index is -0.255. The Morgan fingerprint density at radius 1 is 1.28 bits per heavy atom. The fraction of sp³-hybridized carbons (Fsp3) is 0.579. The van der Waals surface area contributed by atoms with Crippen molar-refractivity contribution in [3.63, 3.8) is 0 Å². The molecule has 0 bridgehead atoms. The van der Waals surface area contributed by atoms with Crippen molar-refractivity contribution in [3.8, 4) is 0 Å². The van der Waals surface area contributed by atoms with E-state index >= 15 is 0 Å². The summed E-state index contributed by atoms with van der Waals surface area (Å²) in [6, 6.07) is 8.16. The van der Waals surface area contributed by atoms with E-state index in [4.69, 9.17) is 0 Å². The molecular weight excluding hydrogens is 334 g/mol. The molecule has 1 atom stereocenters. The molecule has 0 spiro atoms. The molecule has 2 aliphatic heterocycles. The van der Waals surface area contributed by atoms with Gasteiger partial charge in [0, 0.05) is 55.8 Å². The Bertz CT molecular complexity index is 629. The van der Waals surface area contributed by atoms with Gasteiger partial charge in [-0.2, -0.15) is 11.8 Å². The summed E-state index contributed by atoms with van der Waals surface area (Å²) in [5, 5.41) is 3.07. The molecule has 1 N–H and O–H groups in total. The quantitative estimate of drug-likeness (QED) is 0.875. The lowest BCUT2D eigenvalue weighted by atomic mass is 10.1. The van der Waals surface area contributed by atoms with E-state index in [1.165, 1.54) is 11.5 Å². The number of carbonyl (C=O) groups excluding carboxylic acids is 2. The van der Waals surface area contributed by atoms with Crippen LogP contribution in [-0.4, -0.2) is 58.8 Å². The van der Waals surface area contributed by atoms with Gasteiger partial charge in [-0.3, -0.25) is 14.5 Å². The standard InChI is InChI=1S/C19H27N3O2S/c1-14(2)22-13-16(11-18(22)23)19(24)20-17-6-4-3-5-15(17)12-21-7-9-25-10-8-21/h3-6,14,16H,7-13H2,1-2H3,(H,20,24). The Balaban J connectivity index is 1.64. The van der Waals surface area contributed by atoms with Crippen LogP contribution < -0.4 is 5.32 Å². The molecule has 2 aliphatic rings. The maximum Gasteiger partial charge on any atom is 0.229 e. The summed E-state index contributed by atoms with van der Waals surface area (Å²) < 4.78 is 0. The highest BCUT2D eigenvalue weighted by Gasteiger charge is 2.35. The molecule has 2 saturated heterocycles. The van der Waals surface area contributed by atoms with Crippen LogP contribution in [0.1, 0.15) is 25.8 Å². The number of hydrogen-bond donors (Lipinski definition) is 1. The molecule has 0 aliphatic carbocycles. The van der Waals surface area contributed by atoms with E-state index < -0.39 is 0 Å². The predicted octanol–water partition coefficient (Wildman–Crippen LogP) is 2.43. The molecule has 1 aromatic rings. The molecule has 1 aromatic carbocycles. The van der Waals surface area contributed by atoms with Gasteiger partial charge in [-0.15, -0.1) is 0 Å². The summed E-state index contributed by atoms with van der Waals surface area (Å²) in [6.45, 7) is 7.54. The van der Waals surface area contributed by atoms with Crippen molar-refractivity contribution >= 4 is 29.3 Å². The van der Waals surface area contributed by atoms with Gasteiger partial charge in [0.2, 0.25) is 11.8 Å². The number of likely N-dealkylation sites (tertiary alicyclic amines) is 1. The topological polar surface area (TPSA) is 52.7 Å². The van der Waals surface area contributed by atoms with Crippen LogP contribution >= 0.6 is 11.8 Å². The highest BCUT2D eigenvalue weighted by molar-refractivity contribution is 7.99. The molecule has 136 valence electrons.